The number of urea groups is 1. The fraction of sp³-hybridized carbons (Fsp3) is 0.333. The fourth-order valence-corrected chi connectivity index (χ4v) is 2.68. The van der Waals surface area contributed by atoms with Crippen LogP contribution in [0.2, 0.25) is 0 Å². The zero-order chi connectivity index (χ0) is 17.0. The van der Waals surface area contributed by atoms with Crippen LogP contribution in [0.3, 0.4) is 0 Å². The lowest BCUT2D eigenvalue weighted by atomic mass is 9.95. The van der Waals surface area contributed by atoms with Gasteiger partial charge >= 0.3 is 6.03 Å². The van der Waals surface area contributed by atoms with Gasteiger partial charge in [0, 0.05) is 23.2 Å². The molecule has 0 radical (unpaired) electrons. The molecular weight excluding hydrogens is 324 g/mol. The minimum atomic E-state index is -1.67. The minimum Gasteiger partial charge on any atom is -0.383 e. The molecule has 0 fully saturated rings. The van der Waals surface area contributed by atoms with Crippen LogP contribution in [0.5, 0.6) is 0 Å². The topological polar surface area (TPSA) is 74.2 Å². The second kappa shape index (κ2) is 7.01. The first-order valence-corrected chi connectivity index (χ1v) is 7.79. The molecule has 124 valence electrons. The molecule has 0 saturated heterocycles. The molecule has 5 nitrogen and oxygen atoms in total. The quantitative estimate of drug-likeness (QED) is 0.783. The summed E-state index contributed by atoms with van der Waals surface area (Å²) in [6.07, 6.45) is 1.64. The van der Waals surface area contributed by atoms with Gasteiger partial charge in [-0.25, -0.2) is 18.6 Å². The number of benzene rings is 1. The molecule has 0 aliphatic rings. The normalized spacial score (nSPS) is 14.8. The average molecular weight is 341 g/mol. The summed E-state index contributed by atoms with van der Waals surface area (Å²) in [4.78, 5) is 15.9. The number of rotatable bonds is 5. The summed E-state index contributed by atoms with van der Waals surface area (Å²) in [7, 11) is 0. The zero-order valence-corrected chi connectivity index (χ0v) is 13.5. The van der Waals surface area contributed by atoms with E-state index in [9.17, 15) is 18.7 Å². The maximum absolute atomic E-state index is 13.7. The van der Waals surface area contributed by atoms with Gasteiger partial charge in [0.05, 0.1) is 12.6 Å². The second-order valence-electron chi connectivity index (χ2n) is 5.32. The number of carbonyl (C=O) groups excluding carboxylic acids is 1. The Labute approximate surface area is 136 Å². The third-order valence-corrected chi connectivity index (χ3v) is 4.23. The maximum Gasteiger partial charge on any atom is 0.315 e. The summed E-state index contributed by atoms with van der Waals surface area (Å²) in [6.45, 7) is 2.88. The van der Waals surface area contributed by atoms with Gasteiger partial charge in [-0.1, -0.05) is 6.07 Å². The number of aliphatic hydroxyl groups is 1. The lowest BCUT2D eigenvalue weighted by Gasteiger charge is -2.25. The van der Waals surface area contributed by atoms with E-state index in [0.717, 1.165) is 17.1 Å². The van der Waals surface area contributed by atoms with Gasteiger partial charge in [-0.2, -0.15) is 0 Å². The highest BCUT2D eigenvalue weighted by Crippen LogP contribution is 2.23. The van der Waals surface area contributed by atoms with Gasteiger partial charge in [0.15, 0.2) is 0 Å². The number of nitrogens with one attached hydrogen (secondary N) is 2. The summed E-state index contributed by atoms with van der Waals surface area (Å²) in [5.41, 5.74) is -1.76. The standard InChI is InChI=1S/C15H17F2N3O2S/c1-9(13-18-5-6-23-13)20-14(21)19-8-15(2,22)11-4-3-10(16)7-12(11)17/h3-7,9,22H,8H2,1-2H3,(H2,19,20,21)/t9-,15-/m1/s1. The Morgan fingerprint density at radius 1 is 1.48 bits per heavy atom. The Morgan fingerprint density at radius 3 is 2.83 bits per heavy atom. The molecule has 1 aromatic carbocycles. The van der Waals surface area contributed by atoms with Crippen LogP contribution < -0.4 is 10.6 Å². The largest absolute Gasteiger partial charge is 0.383 e. The van der Waals surface area contributed by atoms with Crippen molar-refractivity contribution in [2.75, 3.05) is 6.54 Å². The molecule has 0 saturated carbocycles. The number of carbonyl (C=O) groups is 1. The van der Waals surface area contributed by atoms with E-state index >= 15 is 0 Å². The van der Waals surface area contributed by atoms with Gasteiger partial charge in [0.1, 0.15) is 22.2 Å². The van der Waals surface area contributed by atoms with Crippen LogP contribution in [0.25, 0.3) is 0 Å². The summed E-state index contributed by atoms with van der Waals surface area (Å²) in [5.74, 6) is -1.60. The van der Waals surface area contributed by atoms with E-state index < -0.39 is 23.3 Å². The van der Waals surface area contributed by atoms with Crippen molar-refractivity contribution < 1.29 is 18.7 Å². The SMILES string of the molecule is C[C@@H](NC(=O)NC[C@@](C)(O)c1ccc(F)cc1F)c1nccs1. The number of halogens is 2. The molecule has 8 heteroatoms. The van der Waals surface area contributed by atoms with Crippen LogP contribution in [-0.4, -0.2) is 22.7 Å². The summed E-state index contributed by atoms with van der Waals surface area (Å²) < 4.78 is 26.7. The fourth-order valence-electron chi connectivity index (χ4n) is 2.03. The molecule has 0 unspecified atom stereocenters. The number of aromatic nitrogens is 1. The van der Waals surface area contributed by atoms with Gasteiger partial charge in [0.25, 0.3) is 0 Å². The molecule has 0 spiro atoms. The Balaban J connectivity index is 1.94. The molecule has 3 N–H and O–H groups in total. The summed E-state index contributed by atoms with van der Waals surface area (Å²) in [5, 5.41) is 18.0. The van der Waals surface area contributed by atoms with E-state index in [1.807, 2.05) is 0 Å². The van der Waals surface area contributed by atoms with Crippen molar-refractivity contribution in [1.82, 2.24) is 15.6 Å². The molecule has 1 heterocycles. The molecule has 0 aliphatic carbocycles. The first-order valence-electron chi connectivity index (χ1n) is 6.91. The van der Waals surface area contributed by atoms with Gasteiger partial charge in [-0.15, -0.1) is 11.3 Å². The number of amides is 2. The molecule has 2 aromatic rings. The van der Waals surface area contributed by atoms with Crippen molar-refractivity contribution >= 4 is 17.4 Å². The smallest absolute Gasteiger partial charge is 0.315 e. The number of nitrogens with zero attached hydrogens (tertiary/aromatic N) is 1. The van der Waals surface area contributed by atoms with Crippen LogP contribution >= 0.6 is 11.3 Å². The Kier molecular flexibility index (Phi) is 5.27. The first kappa shape index (κ1) is 17.3. The van der Waals surface area contributed by atoms with E-state index in [-0.39, 0.29) is 18.2 Å². The predicted molar refractivity (Wildman–Crippen MR) is 83.0 cm³/mol. The molecule has 2 amide bonds. The first-order chi connectivity index (χ1) is 10.8. The monoisotopic (exact) mass is 341 g/mol. The summed E-state index contributed by atoms with van der Waals surface area (Å²) in [6, 6.07) is 2.09. The van der Waals surface area contributed by atoms with Crippen molar-refractivity contribution in [2.24, 2.45) is 0 Å². The van der Waals surface area contributed by atoms with Gasteiger partial charge in [-0.3, -0.25) is 0 Å². The highest BCUT2D eigenvalue weighted by atomic mass is 32.1. The Hall–Kier alpha value is -2.06. The molecule has 1 aromatic heterocycles. The Morgan fingerprint density at radius 2 is 2.22 bits per heavy atom. The van der Waals surface area contributed by atoms with Gasteiger partial charge in [0.2, 0.25) is 0 Å². The van der Waals surface area contributed by atoms with Gasteiger partial charge < -0.3 is 15.7 Å². The maximum atomic E-state index is 13.7. The van der Waals surface area contributed by atoms with Crippen LogP contribution in [0, 0.1) is 11.6 Å². The van der Waals surface area contributed by atoms with Crippen molar-refractivity contribution in [3.63, 3.8) is 0 Å². The molecule has 2 rings (SSSR count). The minimum absolute atomic E-state index is 0.0906. The van der Waals surface area contributed by atoms with E-state index in [0.29, 0.717) is 6.07 Å². The molecule has 0 bridgehead atoms. The predicted octanol–water partition coefficient (Wildman–Crippen LogP) is 2.69. The lowest BCUT2D eigenvalue weighted by Crippen LogP contribution is -2.44. The lowest BCUT2D eigenvalue weighted by molar-refractivity contribution is 0.0554. The van der Waals surface area contributed by atoms with E-state index in [1.165, 1.54) is 18.3 Å². The third kappa shape index (κ3) is 4.46. The van der Waals surface area contributed by atoms with Crippen LogP contribution in [0.15, 0.2) is 29.8 Å². The van der Waals surface area contributed by atoms with Crippen molar-refractivity contribution in [3.05, 3.63) is 52.0 Å². The number of hydrogen-bond donors (Lipinski definition) is 3. The van der Waals surface area contributed by atoms with Gasteiger partial charge in [-0.05, 0) is 19.9 Å². The van der Waals surface area contributed by atoms with E-state index in [1.54, 1.807) is 18.5 Å². The van der Waals surface area contributed by atoms with E-state index in [4.69, 9.17) is 0 Å². The van der Waals surface area contributed by atoms with Crippen molar-refractivity contribution in [1.29, 1.82) is 0 Å². The third-order valence-electron chi connectivity index (χ3n) is 3.27. The highest BCUT2D eigenvalue weighted by Gasteiger charge is 2.27. The van der Waals surface area contributed by atoms with Crippen molar-refractivity contribution in [3.8, 4) is 0 Å². The van der Waals surface area contributed by atoms with Crippen LogP contribution in [0.4, 0.5) is 13.6 Å². The van der Waals surface area contributed by atoms with E-state index in [2.05, 4.69) is 15.6 Å². The summed E-state index contributed by atoms with van der Waals surface area (Å²) >= 11 is 1.41. The second-order valence-corrected chi connectivity index (χ2v) is 6.24. The van der Waals surface area contributed by atoms with Crippen LogP contribution in [-0.2, 0) is 5.60 Å². The molecule has 2 atom stereocenters. The van der Waals surface area contributed by atoms with Crippen molar-refractivity contribution in [2.45, 2.75) is 25.5 Å². The molecule has 23 heavy (non-hydrogen) atoms. The molecule has 0 aliphatic heterocycles. The number of hydrogen-bond acceptors (Lipinski definition) is 4. The highest BCUT2D eigenvalue weighted by molar-refractivity contribution is 7.09. The Bertz CT molecular complexity index is 677. The molecular formula is C15H17F2N3O2S. The van der Waals surface area contributed by atoms with Crippen LogP contribution in [0.1, 0.15) is 30.5 Å². The average Bonchev–Trinajstić information content (AvgIpc) is 2.99. The zero-order valence-electron chi connectivity index (χ0n) is 12.6. The number of thiazole rings is 1.